The topological polar surface area (TPSA) is 70.4 Å². The summed E-state index contributed by atoms with van der Waals surface area (Å²) in [6, 6.07) is 10.5. The molecule has 0 aliphatic carbocycles. The molecule has 0 N–H and O–H groups in total. The quantitative estimate of drug-likeness (QED) is 0.488. The second kappa shape index (κ2) is 10.4. The molecule has 3 aromatic rings. The molecule has 0 radical (unpaired) electrons. The van der Waals surface area contributed by atoms with Crippen molar-refractivity contribution in [2.24, 2.45) is 11.8 Å². The molecule has 3 atom stereocenters. The number of anilines is 2. The van der Waals surface area contributed by atoms with Crippen LogP contribution in [0.4, 0.5) is 11.6 Å². The van der Waals surface area contributed by atoms with Crippen molar-refractivity contribution in [2.75, 3.05) is 49.1 Å². The summed E-state index contributed by atoms with van der Waals surface area (Å²) in [6.45, 7) is 13.9. The van der Waals surface area contributed by atoms with Gasteiger partial charge in [-0.25, -0.2) is 14.6 Å². The van der Waals surface area contributed by atoms with Gasteiger partial charge in [0.15, 0.2) is 12.5 Å². The first-order chi connectivity index (χ1) is 17.4. The van der Waals surface area contributed by atoms with E-state index in [0.29, 0.717) is 11.8 Å². The first-order valence-electron chi connectivity index (χ1n) is 13.1. The van der Waals surface area contributed by atoms with Crippen LogP contribution in [0.15, 0.2) is 42.7 Å². The van der Waals surface area contributed by atoms with Crippen molar-refractivity contribution in [3.63, 3.8) is 0 Å². The van der Waals surface area contributed by atoms with Gasteiger partial charge in [-0.05, 0) is 44.2 Å². The van der Waals surface area contributed by atoms with E-state index in [9.17, 15) is 4.79 Å². The number of aryl methyl sites for hydroxylation is 2. The van der Waals surface area contributed by atoms with E-state index in [2.05, 4.69) is 57.9 Å². The number of hydrogen-bond donors (Lipinski definition) is 0. The number of carbonyl (C=O) groups excluding carboxylic acids is 1. The van der Waals surface area contributed by atoms with Gasteiger partial charge < -0.3 is 9.80 Å². The summed E-state index contributed by atoms with van der Waals surface area (Å²) in [5.41, 5.74) is 5.30. The average Bonchev–Trinajstić information content (AvgIpc) is 3.22. The maximum absolute atomic E-state index is 12.0. The first kappa shape index (κ1) is 24.4. The van der Waals surface area contributed by atoms with Crippen LogP contribution in [-0.4, -0.2) is 70.2 Å². The highest BCUT2D eigenvalue weighted by Gasteiger charge is 2.28. The Bertz CT molecular complexity index is 1170. The third kappa shape index (κ3) is 5.00. The van der Waals surface area contributed by atoms with Crippen molar-refractivity contribution in [3.8, 4) is 11.1 Å². The summed E-state index contributed by atoms with van der Waals surface area (Å²) in [5, 5.41) is 4.55. The number of piperazine rings is 1. The summed E-state index contributed by atoms with van der Waals surface area (Å²) in [4.78, 5) is 28.5. The molecule has 0 amide bonds. The molecule has 2 saturated heterocycles. The van der Waals surface area contributed by atoms with Crippen molar-refractivity contribution in [1.82, 2.24) is 24.6 Å². The summed E-state index contributed by atoms with van der Waals surface area (Å²) in [6.07, 6.45) is 5.84. The van der Waals surface area contributed by atoms with Crippen molar-refractivity contribution in [1.29, 1.82) is 0 Å². The Balaban J connectivity index is 1.30. The van der Waals surface area contributed by atoms with Gasteiger partial charge in [-0.15, -0.1) is 0 Å². The predicted molar refractivity (Wildman–Crippen MR) is 143 cm³/mol. The highest BCUT2D eigenvalue weighted by atomic mass is 16.1. The molecule has 4 heterocycles. The van der Waals surface area contributed by atoms with Crippen molar-refractivity contribution >= 4 is 17.9 Å². The van der Waals surface area contributed by atoms with E-state index in [-0.39, 0.29) is 6.17 Å². The monoisotopic (exact) mass is 487 g/mol. The molecule has 2 aliphatic rings. The molecule has 36 heavy (non-hydrogen) atoms. The molecule has 2 aromatic heterocycles. The van der Waals surface area contributed by atoms with Gasteiger partial charge in [0.25, 0.3) is 0 Å². The molecule has 1 aromatic carbocycles. The third-order valence-corrected chi connectivity index (χ3v) is 7.45. The number of para-hydroxylation sites is 1. The van der Waals surface area contributed by atoms with Gasteiger partial charge in [0.05, 0.1) is 5.69 Å². The number of nitrogens with zero attached hydrogens (tertiary/aromatic N) is 7. The molecule has 190 valence electrons. The van der Waals surface area contributed by atoms with Gasteiger partial charge in [-0.3, -0.25) is 9.69 Å². The molecule has 8 heteroatoms. The lowest BCUT2D eigenvalue weighted by Gasteiger charge is -2.39. The Morgan fingerprint density at radius 2 is 1.61 bits per heavy atom. The molecule has 0 bridgehead atoms. The lowest BCUT2D eigenvalue weighted by atomic mass is 9.92. The van der Waals surface area contributed by atoms with Gasteiger partial charge in [-0.1, -0.05) is 32.0 Å². The zero-order valence-corrected chi connectivity index (χ0v) is 21.8. The lowest BCUT2D eigenvalue weighted by molar-refractivity contribution is -0.116. The van der Waals surface area contributed by atoms with Gasteiger partial charge in [0.2, 0.25) is 5.95 Å². The standard InChI is InChI=1S/C28H37N7O/c1-20-13-21(2)18-34(17-20)28-29-15-24(16-30-28)25-7-5-6-8-26(25)32-9-11-33(12-10-32)27(19-36)35-23(4)14-22(3)31-35/h5-8,14-16,19-21,27H,9-13,17-18H2,1-4H3. The van der Waals surface area contributed by atoms with Crippen LogP contribution in [-0.2, 0) is 4.79 Å². The number of piperidine rings is 1. The second-order valence-electron chi connectivity index (χ2n) is 10.6. The molecule has 2 aliphatic heterocycles. The van der Waals surface area contributed by atoms with Crippen LogP contribution >= 0.6 is 0 Å². The Morgan fingerprint density at radius 1 is 0.944 bits per heavy atom. The number of hydrogen-bond acceptors (Lipinski definition) is 7. The minimum atomic E-state index is -0.364. The molecular formula is C28H37N7O. The van der Waals surface area contributed by atoms with Gasteiger partial charge in [-0.2, -0.15) is 5.10 Å². The maximum atomic E-state index is 12.0. The van der Waals surface area contributed by atoms with Crippen LogP contribution in [0.5, 0.6) is 0 Å². The van der Waals surface area contributed by atoms with Gasteiger partial charge in [0.1, 0.15) is 0 Å². The van der Waals surface area contributed by atoms with E-state index < -0.39 is 0 Å². The van der Waals surface area contributed by atoms with Crippen LogP contribution < -0.4 is 9.80 Å². The van der Waals surface area contributed by atoms with Crippen molar-refractivity contribution < 1.29 is 4.79 Å². The smallest absolute Gasteiger partial charge is 0.225 e. The SMILES string of the molecule is Cc1cc(C)n(C(C=O)N2CCN(c3ccccc3-c3cnc(N4CC(C)CC(C)C4)nc3)CC2)n1. The largest absolute Gasteiger partial charge is 0.368 e. The number of aromatic nitrogens is 4. The minimum Gasteiger partial charge on any atom is -0.368 e. The summed E-state index contributed by atoms with van der Waals surface area (Å²) in [5.74, 6) is 2.15. The summed E-state index contributed by atoms with van der Waals surface area (Å²) in [7, 11) is 0. The van der Waals surface area contributed by atoms with E-state index in [0.717, 1.165) is 74.0 Å². The second-order valence-corrected chi connectivity index (χ2v) is 10.6. The molecule has 8 nitrogen and oxygen atoms in total. The van der Waals surface area contributed by atoms with Gasteiger partial charge in [0, 0.05) is 74.2 Å². The van der Waals surface area contributed by atoms with E-state index >= 15 is 0 Å². The third-order valence-electron chi connectivity index (χ3n) is 7.45. The molecule has 5 rings (SSSR count). The fourth-order valence-electron chi connectivity index (χ4n) is 5.88. The average molecular weight is 488 g/mol. The highest BCUT2D eigenvalue weighted by molar-refractivity contribution is 5.78. The van der Waals surface area contributed by atoms with E-state index in [1.165, 1.54) is 12.1 Å². The maximum Gasteiger partial charge on any atom is 0.225 e. The van der Waals surface area contributed by atoms with Crippen LogP contribution in [0.3, 0.4) is 0 Å². The fourth-order valence-corrected chi connectivity index (χ4v) is 5.88. The normalized spacial score (nSPS) is 22.0. The van der Waals surface area contributed by atoms with Gasteiger partial charge >= 0.3 is 0 Å². The lowest BCUT2D eigenvalue weighted by Crippen LogP contribution is -2.49. The number of carbonyl (C=O) groups is 1. The number of aldehydes is 1. The van der Waals surface area contributed by atoms with Crippen LogP contribution in [0, 0.1) is 25.7 Å². The fraction of sp³-hybridized carbons (Fsp3) is 0.500. The molecule has 2 fully saturated rings. The number of benzene rings is 1. The predicted octanol–water partition coefficient (Wildman–Crippen LogP) is 3.96. The molecule has 0 spiro atoms. The first-order valence-corrected chi connectivity index (χ1v) is 13.1. The minimum absolute atomic E-state index is 0.364. The Morgan fingerprint density at radius 3 is 2.22 bits per heavy atom. The van der Waals surface area contributed by atoms with Crippen LogP contribution in [0.25, 0.3) is 11.1 Å². The molecule has 3 unspecified atom stereocenters. The van der Waals surface area contributed by atoms with E-state index in [1.54, 1.807) is 0 Å². The van der Waals surface area contributed by atoms with Crippen LogP contribution in [0.2, 0.25) is 0 Å². The Labute approximate surface area is 213 Å². The Kier molecular flexibility index (Phi) is 7.05. The zero-order chi connectivity index (χ0) is 25.2. The summed E-state index contributed by atoms with van der Waals surface area (Å²) >= 11 is 0. The molecule has 0 saturated carbocycles. The number of rotatable bonds is 6. The molecular weight excluding hydrogens is 450 g/mol. The highest BCUT2D eigenvalue weighted by Crippen LogP contribution is 2.32. The Hall–Kier alpha value is -3.26. The van der Waals surface area contributed by atoms with E-state index in [4.69, 9.17) is 9.97 Å². The zero-order valence-electron chi connectivity index (χ0n) is 21.8. The van der Waals surface area contributed by atoms with Crippen molar-refractivity contribution in [3.05, 3.63) is 54.1 Å². The van der Waals surface area contributed by atoms with Crippen molar-refractivity contribution in [2.45, 2.75) is 40.3 Å². The summed E-state index contributed by atoms with van der Waals surface area (Å²) < 4.78 is 1.84. The van der Waals surface area contributed by atoms with Crippen LogP contribution in [0.1, 0.15) is 37.8 Å². The van der Waals surface area contributed by atoms with E-state index in [1.807, 2.05) is 37.0 Å².